The summed E-state index contributed by atoms with van der Waals surface area (Å²) in [5.74, 6) is 0.835. The topological polar surface area (TPSA) is 35.6 Å². The van der Waals surface area contributed by atoms with Crippen LogP contribution in [0.3, 0.4) is 0 Å². The molecule has 6 heteroatoms. The molecular formula is C15H16BrClN4. The van der Waals surface area contributed by atoms with Crippen LogP contribution in [0, 0.1) is 0 Å². The van der Waals surface area contributed by atoms with E-state index in [4.69, 9.17) is 16.6 Å². The van der Waals surface area contributed by atoms with E-state index in [0.29, 0.717) is 0 Å². The number of alkyl halides is 1. The van der Waals surface area contributed by atoms with Crippen molar-refractivity contribution in [1.29, 1.82) is 0 Å². The number of aryl methyl sites for hydroxylation is 2. The highest BCUT2D eigenvalue weighted by molar-refractivity contribution is 9.10. The van der Waals surface area contributed by atoms with Crippen molar-refractivity contribution in [2.45, 2.75) is 25.6 Å². The monoisotopic (exact) mass is 366 g/mol. The Hall–Kier alpha value is -1.33. The van der Waals surface area contributed by atoms with Crippen molar-refractivity contribution < 1.29 is 0 Å². The van der Waals surface area contributed by atoms with Crippen LogP contribution in [0.25, 0.3) is 16.9 Å². The van der Waals surface area contributed by atoms with E-state index in [1.807, 2.05) is 42.9 Å². The van der Waals surface area contributed by atoms with Gasteiger partial charge in [-0.3, -0.25) is 4.57 Å². The van der Waals surface area contributed by atoms with Crippen molar-refractivity contribution in [2.24, 2.45) is 7.05 Å². The second-order valence-electron chi connectivity index (χ2n) is 4.97. The van der Waals surface area contributed by atoms with Crippen molar-refractivity contribution in [2.75, 3.05) is 0 Å². The molecule has 0 radical (unpaired) electrons. The number of halogens is 2. The Balaban J connectivity index is 2.42. The van der Waals surface area contributed by atoms with Gasteiger partial charge in [-0.25, -0.2) is 9.67 Å². The Morgan fingerprint density at radius 1 is 1.33 bits per heavy atom. The Morgan fingerprint density at radius 3 is 2.67 bits per heavy atom. The van der Waals surface area contributed by atoms with Crippen LogP contribution in [-0.2, 0) is 13.5 Å². The molecule has 0 spiro atoms. The minimum absolute atomic E-state index is 0.186. The zero-order valence-corrected chi connectivity index (χ0v) is 14.5. The number of benzene rings is 1. The Bertz CT molecular complexity index is 803. The number of nitrogens with zero attached hydrogens (tertiary/aromatic N) is 4. The maximum Gasteiger partial charge on any atom is 0.163 e. The van der Waals surface area contributed by atoms with Crippen LogP contribution in [0.4, 0.5) is 0 Å². The molecule has 3 aromatic rings. The average Bonchev–Trinajstić information content (AvgIpc) is 2.98. The molecule has 4 nitrogen and oxygen atoms in total. The number of imidazole rings is 1. The molecule has 1 atom stereocenters. The van der Waals surface area contributed by atoms with Crippen LogP contribution in [-0.4, -0.2) is 19.3 Å². The number of hydrogen-bond donors (Lipinski definition) is 0. The molecule has 1 aromatic carbocycles. The predicted octanol–water partition coefficient (Wildman–Crippen LogP) is 4.38. The lowest BCUT2D eigenvalue weighted by molar-refractivity contribution is 0.738. The van der Waals surface area contributed by atoms with Crippen LogP contribution < -0.4 is 0 Å². The molecule has 0 amide bonds. The summed E-state index contributed by atoms with van der Waals surface area (Å²) >= 11 is 9.97. The molecule has 21 heavy (non-hydrogen) atoms. The summed E-state index contributed by atoms with van der Waals surface area (Å²) in [6.07, 6.45) is 0.848. The van der Waals surface area contributed by atoms with Crippen molar-refractivity contribution in [3.8, 4) is 5.69 Å². The molecular weight excluding hydrogens is 352 g/mol. The quantitative estimate of drug-likeness (QED) is 0.644. The molecule has 2 aromatic heterocycles. The van der Waals surface area contributed by atoms with Gasteiger partial charge in [0.15, 0.2) is 5.65 Å². The van der Waals surface area contributed by atoms with Gasteiger partial charge in [-0.05, 0) is 41.4 Å². The molecule has 0 N–H and O–H groups in total. The summed E-state index contributed by atoms with van der Waals surface area (Å²) in [6.45, 7) is 4.03. The van der Waals surface area contributed by atoms with Crippen molar-refractivity contribution in [1.82, 2.24) is 19.3 Å². The maximum atomic E-state index is 6.36. The summed E-state index contributed by atoms with van der Waals surface area (Å²) in [5, 5.41) is 4.37. The highest BCUT2D eigenvalue weighted by Crippen LogP contribution is 2.32. The first-order valence-electron chi connectivity index (χ1n) is 6.87. The minimum Gasteiger partial charge on any atom is -0.279 e. The summed E-state index contributed by atoms with van der Waals surface area (Å²) in [4.78, 5) is 4.75. The van der Waals surface area contributed by atoms with Gasteiger partial charge in [-0.15, -0.1) is 11.6 Å². The van der Waals surface area contributed by atoms with Crippen molar-refractivity contribution in [3.63, 3.8) is 0 Å². The van der Waals surface area contributed by atoms with Crippen LogP contribution in [0.1, 0.15) is 30.7 Å². The van der Waals surface area contributed by atoms with Gasteiger partial charge >= 0.3 is 0 Å². The first-order chi connectivity index (χ1) is 10.0. The third-order valence-electron chi connectivity index (χ3n) is 3.51. The van der Waals surface area contributed by atoms with E-state index in [-0.39, 0.29) is 5.38 Å². The lowest BCUT2D eigenvalue weighted by Gasteiger charge is -2.12. The number of para-hydroxylation sites is 1. The van der Waals surface area contributed by atoms with E-state index in [1.165, 1.54) is 0 Å². The van der Waals surface area contributed by atoms with Crippen LogP contribution in [0.2, 0.25) is 0 Å². The summed E-state index contributed by atoms with van der Waals surface area (Å²) in [5.41, 5.74) is 3.92. The van der Waals surface area contributed by atoms with Crippen LogP contribution >= 0.6 is 27.5 Å². The predicted molar refractivity (Wildman–Crippen MR) is 89.2 cm³/mol. The number of aromatic nitrogens is 4. The van der Waals surface area contributed by atoms with E-state index in [0.717, 1.165) is 39.3 Å². The fraction of sp³-hybridized carbons (Fsp3) is 0.333. The molecule has 0 aliphatic rings. The number of fused-ring (bicyclic) bond motifs is 1. The van der Waals surface area contributed by atoms with E-state index in [9.17, 15) is 0 Å². The van der Waals surface area contributed by atoms with Gasteiger partial charge in [-0.1, -0.05) is 19.1 Å². The van der Waals surface area contributed by atoms with Crippen molar-refractivity contribution in [3.05, 3.63) is 40.3 Å². The summed E-state index contributed by atoms with van der Waals surface area (Å²) in [7, 11) is 1.94. The molecule has 0 bridgehead atoms. The lowest BCUT2D eigenvalue weighted by atomic mass is 10.3. The first kappa shape index (κ1) is 14.6. The number of rotatable bonds is 3. The van der Waals surface area contributed by atoms with E-state index >= 15 is 0 Å². The number of hydrogen-bond acceptors (Lipinski definition) is 2. The Morgan fingerprint density at radius 2 is 2.05 bits per heavy atom. The van der Waals surface area contributed by atoms with Gasteiger partial charge in [-0.2, -0.15) is 5.10 Å². The van der Waals surface area contributed by atoms with Gasteiger partial charge in [0.05, 0.1) is 16.8 Å². The SMILES string of the molecule is CCc1nn(C)c2c1nc(C(C)Cl)n2-c1ccccc1Br. The summed E-state index contributed by atoms with van der Waals surface area (Å²) < 4.78 is 4.97. The highest BCUT2D eigenvalue weighted by Gasteiger charge is 2.22. The fourth-order valence-corrected chi connectivity index (χ4v) is 3.18. The molecule has 0 aliphatic carbocycles. The van der Waals surface area contributed by atoms with Gasteiger partial charge in [0, 0.05) is 11.5 Å². The smallest absolute Gasteiger partial charge is 0.163 e. The minimum atomic E-state index is -0.186. The van der Waals surface area contributed by atoms with Gasteiger partial charge in [0.25, 0.3) is 0 Å². The van der Waals surface area contributed by atoms with Crippen molar-refractivity contribution >= 4 is 38.7 Å². The van der Waals surface area contributed by atoms with E-state index in [2.05, 4.69) is 32.5 Å². The molecule has 0 saturated heterocycles. The van der Waals surface area contributed by atoms with Gasteiger partial charge in [0.2, 0.25) is 0 Å². The largest absolute Gasteiger partial charge is 0.279 e. The Kier molecular flexibility index (Phi) is 3.80. The standard InChI is InChI=1S/C15H16BrClN4/c1-4-11-13-15(20(3)19-11)21(14(18-13)9(2)17)12-8-6-5-7-10(12)16/h5-9H,4H2,1-3H3. The molecule has 0 saturated carbocycles. The van der Waals surface area contributed by atoms with Crippen LogP contribution in [0.5, 0.6) is 0 Å². The fourth-order valence-electron chi connectivity index (χ4n) is 2.57. The summed E-state index contributed by atoms with van der Waals surface area (Å²) in [6, 6.07) is 8.06. The zero-order valence-electron chi connectivity index (χ0n) is 12.1. The van der Waals surface area contributed by atoms with E-state index in [1.54, 1.807) is 0 Å². The first-order valence-corrected chi connectivity index (χ1v) is 8.10. The second kappa shape index (κ2) is 5.46. The highest BCUT2D eigenvalue weighted by atomic mass is 79.9. The molecule has 2 heterocycles. The molecule has 110 valence electrons. The molecule has 1 unspecified atom stereocenters. The Labute approximate surface area is 136 Å². The van der Waals surface area contributed by atoms with Gasteiger partial charge in [0.1, 0.15) is 11.3 Å². The normalized spacial score (nSPS) is 13.0. The molecule has 3 rings (SSSR count). The van der Waals surface area contributed by atoms with Gasteiger partial charge < -0.3 is 0 Å². The third kappa shape index (κ3) is 2.28. The average molecular weight is 368 g/mol. The maximum absolute atomic E-state index is 6.36. The van der Waals surface area contributed by atoms with E-state index < -0.39 is 0 Å². The molecule has 0 fully saturated rings. The molecule has 0 aliphatic heterocycles. The zero-order chi connectivity index (χ0) is 15.1. The third-order valence-corrected chi connectivity index (χ3v) is 4.38. The second-order valence-corrected chi connectivity index (χ2v) is 6.48. The van der Waals surface area contributed by atoms with Crippen LogP contribution in [0.15, 0.2) is 28.7 Å². The lowest BCUT2D eigenvalue weighted by Crippen LogP contribution is -2.06.